The summed E-state index contributed by atoms with van der Waals surface area (Å²) in [5.41, 5.74) is 0. The standard InChI is InChI=1S/2C5H5.ClH.Pt/c2*1-2-4-5-3-1;;/h2*1-3H,4H2;1H;/q2*-1;;+2. The molecule has 0 bridgehead atoms. The molecule has 0 aromatic carbocycles. The van der Waals surface area contributed by atoms with Crippen molar-refractivity contribution in [3.63, 3.8) is 0 Å². The summed E-state index contributed by atoms with van der Waals surface area (Å²) < 4.78 is 0. The molecule has 2 aliphatic carbocycles. The Balaban J connectivity index is 0. The fourth-order valence-electron chi connectivity index (χ4n) is 0.680. The van der Waals surface area contributed by atoms with Crippen molar-refractivity contribution >= 4 is 12.4 Å². The average molecular weight is 362 g/mol. The predicted octanol–water partition coefficient (Wildman–Crippen LogP) is 3.03. The Morgan fingerprint density at radius 2 is 1.25 bits per heavy atom. The van der Waals surface area contributed by atoms with Crippen LogP contribution in [0.25, 0.3) is 0 Å². The van der Waals surface area contributed by atoms with Crippen LogP contribution in [0.3, 0.4) is 0 Å². The molecule has 0 radical (unpaired) electrons. The van der Waals surface area contributed by atoms with Crippen molar-refractivity contribution in [1.29, 1.82) is 0 Å². The SMILES string of the molecule is Cl.[C-]1=CC=CC1.[C-]1=CC=CC1.[Pt+2]. The van der Waals surface area contributed by atoms with E-state index in [2.05, 4.69) is 24.3 Å². The van der Waals surface area contributed by atoms with Crippen LogP contribution in [0.15, 0.2) is 36.5 Å². The molecule has 0 aromatic rings. The summed E-state index contributed by atoms with van der Waals surface area (Å²) in [7, 11) is 0. The second kappa shape index (κ2) is 10.9. The largest absolute Gasteiger partial charge is 2.00 e. The Kier molecular flexibility index (Phi) is 13.2. The first-order valence-electron chi connectivity index (χ1n) is 3.43. The molecular formula is C10H11ClPt. The van der Waals surface area contributed by atoms with Gasteiger partial charge in [-0.05, 0) is 0 Å². The number of rotatable bonds is 0. The summed E-state index contributed by atoms with van der Waals surface area (Å²) >= 11 is 0. The molecule has 0 spiro atoms. The summed E-state index contributed by atoms with van der Waals surface area (Å²) in [6.45, 7) is 0. The van der Waals surface area contributed by atoms with E-state index in [1.165, 1.54) is 0 Å². The number of halogens is 1. The van der Waals surface area contributed by atoms with E-state index in [1.807, 2.05) is 24.3 Å². The Hall–Kier alpha value is -0.0617. The van der Waals surface area contributed by atoms with Gasteiger partial charge in [0.15, 0.2) is 0 Å². The Labute approximate surface area is 94.8 Å². The van der Waals surface area contributed by atoms with Gasteiger partial charge >= 0.3 is 21.1 Å². The van der Waals surface area contributed by atoms with Crippen LogP contribution in [0.2, 0.25) is 0 Å². The third kappa shape index (κ3) is 8.04. The van der Waals surface area contributed by atoms with Crippen LogP contribution in [-0.2, 0) is 21.1 Å². The van der Waals surface area contributed by atoms with Crippen LogP contribution in [0, 0.1) is 12.2 Å². The van der Waals surface area contributed by atoms with Crippen LogP contribution in [0.4, 0.5) is 0 Å². The zero-order valence-electron chi connectivity index (χ0n) is 6.60. The van der Waals surface area contributed by atoms with E-state index in [0.717, 1.165) is 12.8 Å². The van der Waals surface area contributed by atoms with E-state index in [0.29, 0.717) is 0 Å². The maximum absolute atomic E-state index is 2.99. The quantitative estimate of drug-likeness (QED) is 0.582. The van der Waals surface area contributed by atoms with Gasteiger partial charge in [-0.3, -0.25) is 12.2 Å². The number of hydrogen-bond donors (Lipinski definition) is 0. The van der Waals surface area contributed by atoms with Crippen LogP contribution in [0.1, 0.15) is 12.8 Å². The molecular weight excluding hydrogens is 351 g/mol. The van der Waals surface area contributed by atoms with Gasteiger partial charge in [0, 0.05) is 0 Å². The molecule has 2 heteroatoms. The number of hydrogen-bond acceptors (Lipinski definition) is 0. The fourth-order valence-corrected chi connectivity index (χ4v) is 0.680. The van der Waals surface area contributed by atoms with Gasteiger partial charge in [0.25, 0.3) is 0 Å². The summed E-state index contributed by atoms with van der Waals surface area (Å²) in [4.78, 5) is 0. The minimum Gasteiger partial charge on any atom is -0.273 e. The summed E-state index contributed by atoms with van der Waals surface area (Å²) in [5, 5.41) is 0. The van der Waals surface area contributed by atoms with Gasteiger partial charge in [-0.2, -0.15) is 12.2 Å². The molecule has 2 aliphatic rings. The molecule has 0 amide bonds. The minimum absolute atomic E-state index is 0. The first-order chi connectivity index (χ1) is 5.00. The van der Waals surface area contributed by atoms with Gasteiger partial charge in [-0.25, -0.2) is 24.3 Å². The molecule has 0 saturated heterocycles. The second-order valence-electron chi connectivity index (χ2n) is 2.01. The van der Waals surface area contributed by atoms with E-state index < -0.39 is 0 Å². The molecule has 0 fully saturated rings. The molecule has 68 valence electrons. The van der Waals surface area contributed by atoms with Gasteiger partial charge in [0.2, 0.25) is 0 Å². The van der Waals surface area contributed by atoms with E-state index in [-0.39, 0.29) is 33.5 Å². The van der Waals surface area contributed by atoms with Crippen molar-refractivity contribution < 1.29 is 21.1 Å². The van der Waals surface area contributed by atoms with Crippen molar-refractivity contribution in [3.05, 3.63) is 48.6 Å². The maximum atomic E-state index is 2.99. The average Bonchev–Trinajstić information content (AvgIpc) is 2.67. The molecule has 0 atom stereocenters. The van der Waals surface area contributed by atoms with E-state index in [9.17, 15) is 0 Å². The third-order valence-corrected chi connectivity index (χ3v) is 1.17. The maximum Gasteiger partial charge on any atom is 2.00 e. The van der Waals surface area contributed by atoms with Crippen LogP contribution in [-0.4, -0.2) is 0 Å². The summed E-state index contributed by atoms with van der Waals surface area (Å²) in [5.74, 6) is 0. The van der Waals surface area contributed by atoms with E-state index >= 15 is 0 Å². The Morgan fingerprint density at radius 1 is 0.833 bits per heavy atom. The van der Waals surface area contributed by atoms with Crippen LogP contribution >= 0.6 is 12.4 Å². The first kappa shape index (κ1) is 14.5. The molecule has 0 aliphatic heterocycles. The molecule has 12 heavy (non-hydrogen) atoms. The van der Waals surface area contributed by atoms with Crippen molar-refractivity contribution in [1.82, 2.24) is 0 Å². The topological polar surface area (TPSA) is 0 Å². The smallest absolute Gasteiger partial charge is 0.273 e. The van der Waals surface area contributed by atoms with Crippen LogP contribution in [0.5, 0.6) is 0 Å². The predicted molar refractivity (Wildman–Crippen MR) is 50.4 cm³/mol. The number of allylic oxidation sites excluding steroid dienone is 8. The molecule has 0 saturated carbocycles. The van der Waals surface area contributed by atoms with Crippen molar-refractivity contribution in [3.8, 4) is 0 Å². The van der Waals surface area contributed by atoms with Crippen LogP contribution < -0.4 is 0 Å². The fraction of sp³-hybridized carbons (Fsp3) is 0.200. The normalized spacial score (nSPS) is 14.7. The van der Waals surface area contributed by atoms with Gasteiger partial charge in [0.05, 0.1) is 0 Å². The van der Waals surface area contributed by atoms with Gasteiger partial charge in [0.1, 0.15) is 0 Å². The second-order valence-corrected chi connectivity index (χ2v) is 2.01. The molecule has 0 nitrogen and oxygen atoms in total. The van der Waals surface area contributed by atoms with Gasteiger partial charge < -0.3 is 0 Å². The van der Waals surface area contributed by atoms with E-state index in [4.69, 9.17) is 0 Å². The van der Waals surface area contributed by atoms with Gasteiger partial charge in [-0.15, -0.1) is 25.2 Å². The van der Waals surface area contributed by atoms with Crippen molar-refractivity contribution in [2.45, 2.75) is 12.8 Å². The monoisotopic (exact) mass is 361 g/mol. The molecule has 0 aromatic heterocycles. The zero-order chi connectivity index (χ0) is 7.07. The molecule has 2 rings (SSSR count). The minimum atomic E-state index is 0. The molecule has 0 N–H and O–H groups in total. The third-order valence-electron chi connectivity index (χ3n) is 1.17. The zero-order valence-corrected chi connectivity index (χ0v) is 9.69. The van der Waals surface area contributed by atoms with Crippen molar-refractivity contribution in [2.75, 3.05) is 0 Å². The summed E-state index contributed by atoms with van der Waals surface area (Å²) in [6, 6.07) is 0. The van der Waals surface area contributed by atoms with E-state index in [1.54, 1.807) is 0 Å². The first-order valence-corrected chi connectivity index (χ1v) is 3.43. The summed E-state index contributed by atoms with van der Waals surface area (Å²) in [6.07, 6.45) is 20.0. The van der Waals surface area contributed by atoms with Crippen molar-refractivity contribution in [2.24, 2.45) is 0 Å². The Morgan fingerprint density at radius 3 is 1.33 bits per heavy atom. The molecule has 0 unspecified atom stereocenters. The molecule has 0 heterocycles. The van der Waals surface area contributed by atoms with Gasteiger partial charge in [-0.1, -0.05) is 0 Å². The Bertz CT molecular complexity index is 148.